The predicted octanol–water partition coefficient (Wildman–Crippen LogP) is -0.470. The summed E-state index contributed by atoms with van der Waals surface area (Å²) in [5.41, 5.74) is 0. The highest BCUT2D eigenvalue weighted by Gasteiger charge is 2.43. The molecule has 1 rings (SSSR count). The van der Waals surface area contributed by atoms with Crippen LogP contribution in [0.4, 0.5) is 8.78 Å². The average molecular weight is 249 g/mol. The monoisotopic (exact) mass is 249 g/mol. The average Bonchev–Trinajstić information content (AvgIpc) is 2.57. The van der Waals surface area contributed by atoms with Gasteiger partial charge >= 0.3 is 0 Å². The minimum atomic E-state index is -2.84. The van der Waals surface area contributed by atoms with E-state index in [0.29, 0.717) is 0 Å². The van der Waals surface area contributed by atoms with E-state index >= 15 is 0 Å². The van der Waals surface area contributed by atoms with Crippen LogP contribution in [0.3, 0.4) is 0 Å². The van der Waals surface area contributed by atoms with Gasteiger partial charge in [0, 0.05) is 27.6 Å². The number of amides is 2. The molecule has 1 fully saturated rings. The zero-order valence-electron chi connectivity index (χ0n) is 10.2. The topological polar surface area (TPSA) is 52.7 Å². The Morgan fingerprint density at radius 2 is 1.94 bits per heavy atom. The van der Waals surface area contributed by atoms with Gasteiger partial charge in [0.2, 0.25) is 11.8 Å². The van der Waals surface area contributed by atoms with Crippen molar-refractivity contribution < 1.29 is 18.4 Å². The SMILES string of the molecule is CN(C)C(=O)CN(C)C(=O)C1CC(F)(F)CN1. The molecule has 1 heterocycles. The molecule has 0 aromatic heterocycles. The Bertz CT molecular complexity index is 321. The van der Waals surface area contributed by atoms with Gasteiger partial charge in [0.25, 0.3) is 5.92 Å². The van der Waals surface area contributed by atoms with Gasteiger partial charge in [-0.3, -0.25) is 14.9 Å². The van der Waals surface area contributed by atoms with Crippen molar-refractivity contribution in [2.75, 3.05) is 34.2 Å². The van der Waals surface area contributed by atoms with Gasteiger partial charge in [0.05, 0.1) is 19.1 Å². The summed E-state index contributed by atoms with van der Waals surface area (Å²) in [4.78, 5) is 25.6. The largest absolute Gasteiger partial charge is 0.347 e. The van der Waals surface area contributed by atoms with Crippen molar-refractivity contribution in [1.29, 1.82) is 0 Å². The van der Waals surface area contributed by atoms with Gasteiger partial charge in [-0.1, -0.05) is 0 Å². The molecule has 1 unspecified atom stereocenters. The van der Waals surface area contributed by atoms with Crippen LogP contribution in [0.2, 0.25) is 0 Å². The van der Waals surface area contributed by atoms with Crippen LogP contribution in [0.15, 0.2) is 0 Å². The first-order valence-electron chi connectivity index (χ1n) is 5.29. The third-order valence-electron chi connectivity index (χ3n) is 2.66. The molecule has 0 saturated carbocycles. The highest BCUT2D eigenvalue weighted by molar-refractivity contribution is 5.87. The summed E-state index contributed by atoms with van der Waals surface area (Å²) in [6.45, 7) is -0.589. The molecule has 2 amide bonds. The van der Waals surface area contributed by atoms with Crippen LogP contribution in [0.5, 0.6) is 0 Å². The van der Waals surface area contributed by atoms with E-state index in [1.165, 1.54) is 16.8 Å². The predicted molar refractivity (Wildman–Crippen MR) is 57.7 cm³/mol. The van der Waals surface area contributed by atoms with E-state index in [0.717, 1.165) is 0 Å². The molecule has 0 spiro atoms. The Morgan fingerprint density at radius 3 is 2.35 bits per heavy atom. The summed E-state index contributed by atoms with van der Waals surface area (Å²) in [6, 6.07) is -0.898. The summed E-state index contributed by atoms with van der Waals surface area (Å²) in [6.07, 6.45) is -0.508. The summed E-state index contributed by atoms with van der Waals surface area (Å²) < 4.78 is 25.8. The van der Waals surface area contributed by atoms with Crippen LogP contribution in [0.25, 0.3) is 0 Å². The van der Waals surface area contributed by atoms with E-state index in [1.54, 1.807) is 14.1 Å². The number of nitrogens with zero attached hydrogens (tertiary/aromatic N) is 2. The minimum Gasteiger partial charge on any atom is -0.347 e. The fraction of sp³-hybridized carbons (Fsp3) is 0.800. The lowest BCUT2D eigenvalue weighted by Crippen LogP contribution is -2.45. The molecule has 5 nitrogen and oxygen atoms in total. The molecular formula is C10H17F2N3O2. The number of alkyl halides is 2. The lowest BCUT2D eigenvalue weighted by molar-refractivity contribution is -0.139. The fourth-order valence-electron chi connectivity index (χ4n) is 1.58. The molecule has 1 saturated heterocycles. The molecule has 17 heavy (non-hydrogen) atoms. The van der Waals surface area contributed by atoms with Gasteiger partial charge in [-0.05, 0) is 0 Å². The molecule has 0 aromatic rings. The highest BCUT2D eigenvalue weighted by Crippen LogP contribution is 2.25. The van der Waals surface area contributed by atoms with Crippen molar-refractivity contribution in [2.45, 2.75) is 18.4 Å². The molecule has 1 aliphatic rings. The fourth-order valence-corrected chi connectivity index (χ4v) is 1.58. The number of hydrogen-bond donors (Lipinski definition) is 1. The summed E-state index contributed by atoms with van der Waals surface area (Å²) in [5, 5.41) is 2.46. The second kappa shape index (κ2) is 4.95. The first kappa shape index (κ1) is 13.8. The van der Waals surface area contributed by atoms with Crippen LogP contribution < -0.4 is 5.32 Å². The van der Waals surface area contributed by atoms with Crippen molar-refractivity contribution in [3.8, 4) is 0 Å². The Labute approximate surface area is 98.7 Å². The van der Waals surface area contributed by atoms with Crippen molar-refractivity contribution >= 4 is 11.8 Å². The van der Waals surface area contributed by atoms with E-state index in [9.17, 15) is 18.4 Å². The van der Waals surface area contributed by atoms with E-state index in [1.807, 2.05) is 0 Å². The maximum absolute atomic E-state index is 12.9. The number of carbonyl (C=O) groups is 2. The zero-order valence-corrected chi connectivity index (χ0v) is 10.2. The van der Waals surface area contributed by atoms with Gasteiger partial charge in [-0.25, -0.2) is 8.78 Å². The number of hydrogen-bond acceptors (Lipinski definition) is 3. The van der Waals surface area contributed by atoms with E-state index in [4.69, 9.17) is 0 Å². The molecule has 0 aromatic carbocycles. The second-order valence-electron chi connectivity index (χ2n) is 4.48. The first-order valence-corrected chi connectivity index (χ1v) is 5.29. The maximum atomic E-state index is 12.9. The van der Waals surface area contributed by atoms with E-state index in [-0.39, 0.29) is 12.5 Å². The minimum absolute atomic E-state index is 0.102. The summed E-state index contributed by atoms with van der Waals surface area (Å²) in [7, 11) is 4.58. The first-order chi connectivity index (χ1) is 7.73. The molecule has 7 heteroatoms. The molecule has 1 N–H and O–H groups in total. The zero-order chi connectivity index (χ0) is 13.2. The van der Waals surface area contributed by atoms with Crippen LogP contribution in [0, 0.1) is 0 Å². The highest BCUT2D eigenvalue weighted by atomic mass is 19.3. The van der Waals surface area contributed by atoms with Crippen molar-refractivity contribution in [1.82, 2.24) is 15.1 Å². The number of halogens is 2. The van der Waals surface area contributed by atoms with Gasteiger partial charge in [0.1, 0.15) is 0 Å². The smallest absolute Gasteiger partial charge is 0.262 e. The van der Waals surface area contributed by atoms with Gasteiger partial charge in [-0.15, -0.1) is 0 Å². The number of nitrogens with one attached hydrogen (secondary N) is 1. The van der Waals surface area contributed by atoms with Crippen LogP contribution in [-0.2, 0) is 9.59 Å². The molecule has 1 atom stereocenters. The third kappa shape index (κ3) is 3.62. The summed E-state index contributed by atoms with van der Waals surface area (Å²) in [5.74, 6) is -3.56. The molecule has 0 radical (unpaired) electrons. The van der Waals surface area contributed by atoms with Crippen molar-refractivity contribution in [3.63, 3.8) is 0 Å². The third-order valence-corrected chi connectivity index (χ3v) is 2.66. The van der Waals surface area contributed by atoms with Crippen molar-refractivity contribution in [2.24, 2.45) is 0 Å². The molecular weight excluding hydrogens is 232 g/mol. The van der Waals surface area contributed by atoms with Gasteiger partial charge < -0.3 is 9.80 Å². The van der Waals surface area contributed by atoms with Crippen LogP contribution in [0.1, 0.15) is 6.42 Å². The number of likely N-dealkylation sites (N-methyl/N-ethyl adjacent to an activating group) is 2. The number of rotatable bonds is 3. The quantitative estimate of drug-likeness (QED) is 0.735. The molecule has 98 valence electrons. The standard InChI is InChI=1S/C10H17F2N3O2/c1-14(2)8(16)5-15(3)9(17)7-4-10(11,12)6-13-7/h7,13H,4-6H2,1-3H3. The molecule has 1 aliphatic heterocycles. The second-order valence-corrected chi connectivity index (χ2v) is 4.48. The Kier molecular flexibility index (Phi) is 4.03. The lowest BCUT2D eigenvalue weighted by Gasteiger charge is -2.22. The Morgan fingerprint density at radius 1 is 1.35 bits per heavy atom. The number of carbonyl (C=O) groups excluding carboxylic acids is 2. The maximum Gasteiger partial charge on any atom is 0.262 e. The summed E-state index contributed by atoms with van der Waals surface area (Å²) >= 11 is 0. The van der Waals surface area contributed by atoms with Crippen molar-refractivity contribution in [3.05, 3.63) is 0 Å². The van der Waals surface area contributed by atoms with E-state index in [2.05, 4.69) is 5.32 Å². The normalized spacial score (nSPS) is 22.3. The molecule has 0 bridgehead atoms. The Hall–Kier alpha value is -1.24. The molecule has 0 aliphatic carbocycles. The van der Waals surface area contributed by atoms with E-state index < -0.39 is 30.8 Å². The Balaban J connectivity index is 2.51. The van der Waals surface area contributed by atoms with Crippen LogP contribution in [-0.4, -0.2) is 67.8 Å². The van der Waals surface area contributed by atoms with Crippen LogP contribution >= 0.6 is 0 Å². The van der Waals surface area contributed by atoms with Gasteiger partial charge in [-0.2, -0.15) is 0 Å². The lowest BCUT2D eigenvalue weighted by atomic mass is 10.1. The van der Waals surface area contributed by atoms with Gasteiger partial charge in [0.15, 0.2) is 0 Å².